The molecule has 128 valence electrons. The van der Waals surface area contributed by atoms with Gasteiger partial charge in [-0.3, -0.25) is 0 Å². The Balaban J connectivity index is 1.82. The fraction of sp³-hybridized carbons (Fsp3) is 0.278. The van der Waals surface area contributed by atoms with Crippen molar-refractivity contribution in [1.29, 1.82) is 0 Å². The summed E-state index contributed by atoms with van der Waals surface area (Å²) in [6.07, 6.45) is 2.88. The standard InChI is InChI=1S/C18H22N2O3S/c1-14(8-9-15-6-4-3-5-7-15)19-18(21)20-16-10-12-17(13-11-16)24(2,22)23/h3-7,10-14H,8-9H2,1-2H3,(H2,19,20,21)/t14-/m0/s1. The first kappa shape index (κ1) is 18.0. The summed E-state index contributed by atoms with van der Waals surface area (Å²) in [5.74, 6) is 0. The van der Waals surface area contributed by atoms with Gasteiger partial charge in [-0.1, -0.05) is 30.3 Å². The van der Waals surface area contributed by atoms with Gasteiger partial charge in [0.1, 0.15) is 0 Å². The van der Waals surface area contributed by atoms with E-state index in [1.165, 1.54) is 17.7 Å². The molecule has 5 nitrogen and oxygen atoms in total. The predicted octanol–water partition coefficient (Wildman–Crippen LogP) is 3.23. The lowest BCUT2D eigenvalue weighted by atomic mass is 10.1. The van der Waals surface area contributed by atoms with Crippen LogP contribution in [-0.4, -0.2) is 26.7 Å². The van der Waals surface area contributed by atoms with Gasteiger partial charge in [-0.2, -0.15) is 0 Å². The summed E-state index contributed by atoms with van der Waals surface area (Å²) in [6.45, 7) is 1.95. The van der Waals surface area contributed by atoms with Gasteiger partial charge < -0.3 is 10.6 Å². The van der Waals surface area contributed by atoms with Crippen LogP contribution in [0.15, 0.2) is 59.5 Å². The van der Waals surface area contributed by atoms with E-state index in [9.17, 15) is 13.2 Å². The Hall–Kier alpha value is -2.34. The Morgan fingerprint density at radius 3 is 2.25 bits per heavy atom. The van der Waals surface area contributed by atoms with E-state index in [1.807, 2.05) is 25.1 Å². The lowest BCUT2D eigenvalue weighted by molar-refractivity contribution is 0.248. The number of aryl methyl sites for hydroxylation is 1. The Labute approximate surface area is 143 Å². The molecule has 1 atom stereocenters. The molecular formula is C18H22N2O3S. The van der Waals surface area contributed by atoms with Crippen LogP contribution in [0.5, 0.6) is 0 Å². The lowest BCUT2D eigenvalue weighted by Crippen LogP contribution is -2.36. The Bertz CT molecular complexity index is 772. The van der Waals surface area contributed by atoms with E-state index < -0.39 is 9.84 Å². The minimum atomic E-state index is -3.23. The van der Waals surface area contributed by atoms with E-state index in [1.54, 1.807) is 12.1 Å². The highest BCUT2D eigenvalue weighted by molar-refractivity contribution is 7.90. The van der Waals surface area contributed by atoms with Crippen molar-refractivity contribution in [2.24, 2.45) is 0 Å². The van der Waals surface area contributed by atoms with E-state index in [2.05, 4.69) is 22.8 Å². The van der Waals surface area contributed by atoms with Crippen LogP contribution in [0.1, 0.15) is 18.9 Å². The van der Waals surface area contributed by atoms with Gasteiger partial charge in [-0.05, 0) is 49.6 Å². The van der Waals surface area contributed by atoms with Gasteiger partial charge in [0, 0.05) is 18.0 Å². The molecule has 2 aromatic rings. The summed E-state index contributed by atoms with van der Waals surface area (Å²) < 4.78 is 22.8. The van der Waals surface area contributed by atoms with E-state index in [-0.39, 0.29) is 17.0 Å². The molecule has 0 aliphatic heterocycles. The number of hydrogen-bond acceptors (Lipinski definition) is 3. The van der Waals surface area contributed by atoms with Crippen molar-refractivity contribution in [3.63, 3.8) is 0 Å². The SMILES string of the molecule is C[C@@H](CCc1ccccc1)NC(=O)Nc1ccc(S(C)(=O)=O)cc1. The van der Waals surface area contributed by atoms with Crippen LogP contribution in [0.25, 0.3) is 0 Å². The summed E-state index contributed by atoms with van der Waals surface area (Å²) in [6, 6.07) is 15.9. The molecule has 0 saturated carbocycles. The number of benzene rings is 2. The van der Waals surface area contributed by atoms with Crippen molar-refractivity contribution >= 4 is 21.6 Å². The summed E-state index contributed by atoms with van der Waals surface area (Å²) in [5, 5.41) is 5.58. The zero-order valence-corrected chi connectivity index (χ0v) is 14.6. The molecule has 0 saturated heterocycles. The molecule has 0 heterocycles. The first-order chi connectivity index (χ1) is 11.3. The molecule has 0 fully saturated rings. The molecule has 0 spiro atoms. The summed E-state index contributed by atoms with van der Waals surface area (Å²) in [7, 11) is -3.23. The minimum absolute atomic E-state index is 0.0282. The highest BCUT2D eigenvalue weighted by atomic mass is 32.2. The number of sulfone groups is 1. The quantitative estimate of drug-likeness (QED) is 0.843. The molecule has 0 aliphatic rings. The fourth-order valence-electron chi connectivity index (χ4n) is 2.28. The molecule has 2 aromatic carbocycles. The van der Waals surface area contributed by atoms with Crippen molar-refractivity contribution in [2.45, 2.75) is 30.7 Å². The molecule has 0 aromatic heterocycles. The second-order valence-corrected chi connectivity index (χ2v) is 7.84. The third kappa shape index (κ3) is 5.70. The number of amides is 2. The number of hydrogen-bond donors (Lipinski definition) is 2. The monoisotopic (exact) mass is 346 g/mol. The summed E-state index contributed by atoms with van der Waals surface area (Å²) in [4.78, 5) is 12.2. The van der Waals surface area contributed by atoms with Gasteiger partial charge in [-0.15, -0.1) is 0 Å². The molecular weight excluding hydrogens is 324 g/mol. The minimum Gasteiger partial charge on any atom is -0.335 e. The van der Waals surface area contributed by atoms with Crippen LogP contribution in [-0.2, 0) is 16.3 Å². The Kier molecular flexibility index (Phi) is 5.98. The van der Waals surface area contributed by atoms with Crippen LogP contribution in [0, 0.1) is 0 Å². The summed E-state index contributed by atoms with van der Waals surface area (Å²) in [5.41, 5.74) is 1.79. The first-order valence-electron chi connectivity index (χ1n) is 7.76. The van der Waals surface area contributed by atoms with Crippen LogP contribution in [0.2, 0.25) is 0 Å². The van der Waals surface area contributed by atoms with Gasteiger partial charge in [0.05, 0.1) is 4.90 Å². The number of carbonyl (C=O) groups is 1. The topological polar surface area (TPSA) is 75.3 Å². The highest BCUT2D eigenvalue weighted by Crippen LogP contribution is 2.14. The number of anilines is 1. The smallest absolute Gasteiger partial charge is 0.319 e. The third-order valence-electron chi connectivity index (χ3n) is 3.63. The van der Waals surface area contributed by atoms with Gasteiger partial charge >= 0.3 is 6.03 Å². The molecule has 0 aliphatic carbocycles. The fourth-order valence-corrected chi connectivity index (χ4v) is 2.91. The lowest BCUT2D eigenvalue weighted by Gasteiger charge is -2.15. The highest BCUT2D eigenvalue weighted by Gasteiger charge is 2.09. The van der Waals surface area contributed by atoms with Crippen molar-refractivity contribution in [1.82, 2.24) is 5.32 Å². The van der Waals surface area contributed by atoms with Crippen LogP contribution < -0.4 is 10.6 Å². The second kappa shape index (κ2) is 7.97. The molecule has 0 bridgehead atoms. The number of urea groups is 1. The molecule has 6 heteroatoms. The normalized spacial score (nSPS) is 12.4. The maximum absolute atomic E-state index is 12.0. The average Bonchev–Trinajstić information content (AvgIpc) is 2.53. The molecule has 0 radical (unpaired) electrons. The molecule has 2 N–H and O–H groups in total. The maximum atomic E-state index is 12.0. The van der Waals surface area contributed by atoms with E-state index >= 15 is 0 Å². The van der Waals surface area contributed by atoms with Crippen LogP contribution in [0.4, 0.5) is 10.5 Å². The maximum Gasteiger partial charge on any atom is 0.319 e. The molecule has 2 amide bonds. The number of carbonyl (C=O) groups excluding carboxylic acids is 1. The number of nitrogens with one attached hydrogen (secondary N) is 2. The van der Waals surface area contributed by atoms with Gasteiger partial charge in [0.25, 0.3) is 0 Å². The second-order valence-electron chi connectivity index (χ2n) is 5.82. The zero-order valence-electron chi connectivity index (χ0n) is 13.8. The van der Waals surface area contributed by atoms with Crippen molar-refractivity contribution in [3.8, 4) is 0 Å². The van der Waals surface area contributed by atoms with Crippen molar-refractivity contribution in [2.75, 3.05) is 11.6 Å². The van der Waals surface area contributed by atoms with E-state index in [0.29, 0.717) is 5.69 Å². The molecule has 0 unspecified atom stereocenters. The molecule has 24 heavy (non-hydrogen) atoms. The first-order valence-corrected chi connectivity index (χ1v) is 9.65. The van der Waals surface area contributed by atoms with E-state index in [4.69, 9.17) is 0 Å². The van der Waals surface area contributed by atoms with Gasteiger partial charge in [0.15, 0.2) is 9.84 Å². The zero-order chi connectivity index (χ0) is 17.6. The van der Waals surface area contributed by atoms with Crippen LogP contribution >= 0.6 is 0 Å². The Morgan fingerprint density at radius 2 is 1.67 bits per heavy atom. The number of rotatable bonds is 6. The van der Waals surface area contributed by atoms with Gasteiger partial charge in [0.2, 0.25) is 0 Å². The third-order valence-corrected chi connectivity index (χ3v) is 4.76. The average molecular weight is 346 g/mol. The summed E-state index contributed by atoms with van der Waals surface area (Å²) >= 11 is 0. The van der Waals surface area contributed by atoms with Crippen molar-refractivity contribution in [3.05, 3.63) is 60.2 Å². The van der Waals surface area contributed by atoms with Gasteiger partial charge in [-0.25, -0.2) is 13.2 Å². The largest absolute Gasteiger partial charge is 0.335 e. The Morgan fingerprint density at radius 1 is 1.04 bits per heavy atom. The van der Waals surface area contributed by atoms with E-state index in [0.717, 1.165) is 19.1 Å². The van der Waals surface area contributed by atoms with Crippen molar-refractivity contribution < 1.29 is 13.2 Å². The molecule has 2 rings (SSSR count). The predicted molar refractivity (Wildman–Crippen MR) is 95.9 cm³/mol. The van der Waals surface area contributed by atoms with Crippen LogP contribution in [0.3, 0.4) is 0 Å².